The number of carbonyl (C=O) groups excluding carboxylic acids is 1. The third-order valence-electron chi connectivity index (χ3n) is 4.83. The van der Waals surface area contributed by atoms with Crippen molar-refractivity contribution in [2.45, 2.75) is 44.2 Å². The second-order valence-electron chi connectivity index (χ2n) is 7.03. The highest BCUT2D eigenvalue weighted by Gasteiger charge is 2.23. The maximum Gasteiger partial charge on any atom is 0.225 e. The molecular formula is C21H28N2O3S. The molecular weight excluding hydrogens is 360 g/mol. The fraction of sp³-hybridized carbons (Fsp3) is 0.381. The second-order valence-corrected chi connectivity index (χ2v) is 9.04. The fourth-order valence-corrected chi connectivity index (χ4v) is 3.42. The van der Waals surface area contributed by atoms with Crippen LogP contribution >= 0.6 is 0 Å². The van der Waals surface area contributed by atoms with Gasteiger partial charge in [0.05, 0.1) is 10.9 Å². The van der Waals surface area contributed by atoms with E-state index >= 15 is 0 Å². The molecule has 2 rings (SSSR count). The first-order chi connectivity index (χ1) is 12.6. The number of nitrogens with one attached hydrogen (secondary N) is 1. The van der Waals surface area contributed by atoms with Crippen molar-refractivity contribution in [3.63, 3.8) is 0 Å². The van der Waals surface area contributed by atoms with E-state index in [0.717, 1.165) is 12.0 Å². The van der Waals surface area contributed by atoms with Crippen LogP contribution in [0.3, 0.4) is 0 Å². The van der Waals surface area contributed by atoms with Crippen molar-refractivity contribution in [2.75, 3.05) is 6.26 Å². The van der Waals surface area contributed by atoms with E-state index in [0.29, 0.717) is 5.56 Å². The molecule has 0 heterocycles. The van der Waals surface area contributed by atoms with Crippen LogP contribution in [0.1, 0.15) is 43.5 Å². The molecule has 2 aromatic rings. The summed E-state index contributed by atoms with van der Waals surface area (Å²) in [5.74, 6) is -0.528. The van der Waals surface area contributed by atoms with Crippen LogP contribution in [0.15, 0.2) is 53.4 Å². The minimum absolute atomic E-state index is 0.167. The van der Waals surface area contributed by atoms with Crippen LogP contribution in [0.4, 0.5) is 0 Å². The minimum Gasteiger partial charge on any atom is -0.345 e. The highest BCUT2D eigenvalue weighted by atomic mass is 32.2. The molecule has 146 valence electrons. The number of hydrogen-bond acceptors (Lipinski definition) is 4. The summed E-state index contributed by atoms with van der Waals surface area (Å²) in [5.41, 5.74) is 8.67. The van der Waals surface area contributed by atoms with Gasteiger partial charge in [0.15, 0.2) is 9.84 Å². The lowest BCUT2D eigenvalue weighted by molar-refractivity contribution is -0.125. The standard InChI is InChI=1S/C21H28N2O3S/c1-5-16-9-11-17(12-10-16)20(23-21(24)14(2)15(3)22)18-7-6-8-19(13-18)27(4,25)26/h6-15,20H,5,22H2,1-4H3,(H,23,24). The summed E-state index contributed by atoms with van der Waals surface area (Å²) >= 11 is 0. The van der Waals surface area contributed by atoms with Crippen LogP contribution in [-0.2, 0) is 21.1 Å². The Labute approximate surface area is 161 Å². The monoisotopic (exact) mass is 388 g/mol. The Morgan fingerprint density at radius 3 is 2.22 bits per heavy atom. The zero-order valence-corrected chi connectivity index (χ0v) is 17.1. The van der Waals surface area contributed by atoms with Gasteiger partial charge in [-0.2, -0.15) is 0 Å². The smallest absolute Gasteiger partial charge is 0.225 e. The van der Waals surface area contributed by atoms with E-state index in [9.17, 15) is 13.2 Å². The Balaban J connectivity index is 2.47. The van der Waals surface area contributed by atoms with Gasteiger partial charge in [-0.15, -0.1) is 0 Å². The number of amides is 1. The molecule has 0 bridgehead atoms. The van der Waals surface area contributed by atoms with Gasteiger partial charge in [0.25, 0.3) is 0 Å². The lowest BCUT2D eigenvalue weighted by Gasteiger charge is -2.24. The minimum atomic E-state index is -3.34. The molecule has 2 aromatic carbocycles. The second kappa shape index (κ2) is 8.67. The fourth-order valence-electron chi connectivity index (χ4n) is 2.74. The number of hydrogen-bond donors (Lipinski definition) is 2. The van der Waals surface area contributed by atoms with Gasteiger partial charge < -0.3 is 11.1 Å². The largest absolute Gasteiger partial charge is 0.345 e. The quantitative estimate of drug-likeness (QED) is 0.763. The van der Waals surface area contributed by atoms with E-state index in [2.05, 4.69) is 12.2 Å². The summed E-state index contributed by atoms with van der Waals surface area (Å²) in [4.78, 5) is 12.9. The number of sulfone groups is 1. The van der Waals surface area contributed by atoms with Crippen molar-refractivity contribution in [3.05, 3.63) is 65.2 Å². The summed E-state index contributed by atoms with van der Waals surface area (Å²) < 4.78 is 23.9. The van der Waals surface area contributed by atoms with Gasteiger partial charge in [0.1, 0.15) is 0 Å². The van der Waals surface area contributed by atoms with Crippen molar-refractivity contribution in [1.82, 2.24) is 5.32 Å². The third-order valence-corrected chi connectivity index (χ3v) is 5.94. The zero-order chi connectivity index (χ0) is 20.2. The average Bonchev–Trinajstić information content (AvgIpc) is 2.64. The Hall–Kier alpha value is -2.18. The molecule has 27 heavy (non-hydrogen) atoms. The molecule has 3 N–H and O–H groups in total. The van der Waals surface area contributed by atoms with E-state index < -0.39 is 15.9 Å². The first-order valence-corrected chi connectivity index (χ1v) is 11.0. The van der Waals surface area contributed by atoms with E-state index in [1.54, 1.807) is 32.0 Å². The highest BCUT2D eigenvalue weighted by molar-refractivity contribution is 7.90. The molecule has 0 radical (unpaired) electrons. The summed E-state index contributed by atoms with van der Waals surface area (Å²) in [5, 5.41) is 3.03. The van der Waals surface area contributed by atoms with Crippen LogP contribution in [0.5, 0.6) is 0 Å². The van der Waals surface area contributed by atoms with Crippen LogP contribution in [-0.4, -0.2) is 26.6 Å². The van der Waals surface area contributed by atoms with Gasteiger partial charge in [0.2, 0.25) is 5.91 Å². The molecule has 0 aliphatic rings. The molecule has 0 saturated heterocycles. The highest BCUT2D eigenvalue weighted by Crippen LogP contribution is 2.25. The predicted octanol–water partition coefficient (Wildman–Crippen LogP) is 2.84. The van der Waals surface area contributed by atoms with Crippen molar-refractivity contribution in [3.8, 4) is 0 Å². The van der Waals surface area contributed by atoms with Crippen molar-refractivity contribution in [1.29, 1.82) is 0 Å². The maximum absolute atomic E-state index is 12.6. The zero-order valence-electron chi connectivity index (χ0n) is 16.3. The molecule has 3 atom stereocenters. The average molecular weight is 389 g/mol. The van der Waals surface area contributed by atoms with Crippen molar-refractivity contribution >= 4 is 15.7 Å². The topological polar surface area (TPSA) is 89.3 Å². The SMILES string of the molecule is CCc1ccc(C(NC(=O)C(C)C(C)N)c2cccc(S(C)(=O)=O)c2)cc1. The Kier molecular flexibility index (Phi) is 6.78. The summed E-state index contributed by atoms with van der Waals surface area (Å²) in [6, 6.07) is 13.9. The summed E-state index contributed by atoms with van der Waals surface area (Å²) in [6.45, 7) is 5.65. The lowest BCUT2D eigenvalue weighted by Crippen LogP contribution is -2.40. The van der Waals surface area contributed by atoms with E-state index in [4.69, 9.17) is 5.73 Å². The van der Waals surface area contributed by atoms with Crippen LogP contribution in [0.25, 0.3) is 0 Å². The number of carbonyl (C=O) groups is 1. The summed E-state index contributed by atoms with van der Waals surface area (Å²) in [6.07, 6.45) is 2.09. The van der Waals surface area contributed by atoms with E-state index in [1.807, 2.05) is 30.3 Å². The molecule has 0 aromatic heterocycles. The molecule has 0 fully saturated rings. The first kappa shape index (κ1) is 21.1. The maximum atomic E-state index is 12.6. The van der Waals surface area contributed by atoms with Crippen molar-refractivity contribution in [2.24, 2.45) is 11.7 Å². The van der Waals surface area contributed by atoms with Crippen LogP contribution in [0.2, 0.25) is 0 Å². The molecule has 0 aliphatic carbocycles. The normalized spacial score (nSPS) is 15.0. The Morgan fingerprint density at radius 2 is 1.70 bits per heavy atom. The van der Waals surface area contributed by atoms with Crippen molar-refractivity contribution < 1.29 is 13.2 Å². The van der Waals surface area contributed by atoms with Crippen LogP contribution < -0.4 is 11.1 Å². The summed E-state index contributed by atoms with van der Waals surface area (Å²) in [7, 11) is -3.34. The Bertz CT molecular complexity index is 890. The van der Waals surface area contributed by atoms with Gasteiger partial charge >= 0.3 is 0 Å². The molecule has 0 aliphatic heterocycles. The molecule has 5 nitrogen and oxygen atoms in total. The van der Waals surface area contributed by atoms with Gasteiger partial charge in [-0.25, -0.2) is 8.42 Å². The molecule has 3 unspecified atom stereocenters. The first-order valence-electron chi connectivity index (χ1n) is 9.08. The van der Waals surface area contributed by atoms with Gasteiger partial charge in [-0.1, -0.05) is 50.2 Å². The van der Waals surface area contributed by atoms with Gasteiger partial charge in [0, 0.05) is 18.2 Å². The number of benzene rings is 2. The Morgan fingerprint density at radius 1 is 1.07 bits per heavy atom. The number of nitrogens with two attached hydrogens (primary N) is 1. The van der Waals surface area contributed by atoms with Gasteiger partial charge in [-0.05, 0) is 42.2 Å². The molecule has 0 saturated carbocycles. The lowest BCUT2D eigenvalue weighted by atomic mass is 9.95. The van der Waals surface area contributed by atoms with Crippen LogP contribution in [0, 0.1) is 5.92 Å². The molecule has 0 spiro atoms. The van der Waals surface area contributed by atoms with Gasteiger partial charge in [-0.3, -0.25) is 4.79 Å². The van der Waals surface area contributed by atoms with E-state index in [-0.39, 0.29) is 22.8 Å². The molecule has 6 heteroatoms. The third kappa shape index (κ3) is 5.40. The predicted molar refractivity (Wildman–Crippen MR) is 108 cm³/mol. The number of rotatable bonds is 7. The molecule has 1 amide bonds. The van der Waals surface area contributed by atoms with E-state index in [1.165, 1.54) is 11.8 Å². The number of aryl methyl sites for hydroxylation is 1.